The van der Waals surface area contributed by atoms with Crippen molar-refractivity contribution in [3.63, 3.8) is 0 Å². The zero-order valence-electron chi connectivity index (χ0n) is 16.7. The molecule has 0 spiro atoms. The van der Waals surface area contributed by atoms with Crippen molar-refractivity contribution >= 4 is 17.6 Å². The van der Waals surface area contributed by atoms with Gasteiger partial charge in [-0.15, -0.1) is 0 Å². The van der Waals surface area contributed by atoms with Crippen LogP contribution in [0.2, 0.25) is 0 Å². The Balaban J connectivity index is 1.41. The summed E-state index contributed by atoms with van der Waals surface area (Å²) in [6.45, 7) is 0. The third-order valence-electron chi connectivity index (χ3n) is 6.04. The number of carboxylic acid groups (broad SMARTS) is 1. The quantitative estimate of drug-likeness (QED) is 0.402. The lowest BCUT2D eigenvalue weighted by Crippen LogP contribution is -2.49. The fourth-order valence-electron chi connectivity index (χ4n) is 4.53. The minimum Gasteiger partial charge on any atom is -0.548 e. The molecule has 0 saturated heterocycles. The van der Waals surface area contributed by atoms with E-state index in [1.54, 1.807) is 24.3 Å². The van der Waals surface area contributed by atoms with E-state index < -0.39 is 18.0 Å². The van der Waals surface area contributed by atoms with Gasteiger partial charge in [0.2, 0.25) is 0 Å². The number of esters is 1. The van der Waals surface area contributed by atoms with E-state index in [1.807, 2.05) is 60.7 Å². The van der Waals surface area contributed by atoms with E-state index in [0.717, 1.165) is 16.7 Å². The molecular formula is C26H20NO4-. The number of rotatable bonds is 4. The second kappa shape index (κ2) is 7.76. The highest BCUT2D eigenvalue weighted by Crippen LogP contribution is 2.45. The first-order chi connectivity index (χ1) is 15.1. The van der Waals surface area contributed by atoms with Gasteiger partial charge in [0.1, 0.15) is 5.75 Å². The molecule has 154 valence electrons. The molecule has 5 rings (SSSR count). The molecule has 1 aliphatic heterocycles. The Morgan fingerprint density at radius 1 is 0.903 bits per heavy atom. The Hall–Kier alpha value is -3.86. The molecule has 5 heteroatoms. The molecule has 3 atom stereocenters. The van der Waals surface area contributed by atoms with Gasteiger partial charge in [-0.05, 0) is 47.2 Å². The molecule has 3 aromatic rings. The van der Waals surface area contributed by atoms with Crippen molar-refractivity contribution in [2.45, 2.75) is 18.4 Å². The number of benzene rings is 3. The van der Waals surface area contributed by atoms with Crippen molar-refractivity contribution in [3.05, 3.63) is 96.1 Å². The van der Waals surface area contributed by atoms with E-state index in [4.69, 9.17) is 4.74 Å². The molecule has 0 unspecified atom stereocenters. The van der Waals surface area contributed by atoms with Crippen LogP contribution in [0, 0.1) is 5.92 Å². The average Bonchev–Trinajstić information content (AvgIpc) is 3.29. The van der Waals surface area contributed by atoms with Gasteiger partial charge in [0.15, 0.2) is 0 Å². The fraction of sp³-hybridized carbons (Fsp3) is 0.154. The molecule has 0 radical (unpaired) electrons. The van der Waals surface area contributed by atoms with E-state index in [0.29, 0.717) is 23.4 Å². The van der Waals surface area contributed by atoms with E-state index >= 15 is 0 Å². The van der Waals surface area contributed by atoms with Crippen LogP contribution in [0.4, 0.5) is 5.69 Å². The van der Waals surface area contributed by atoms with Crippen molar-refractivity contribution < 1.29 is 19.4 Å². The summed E-state index contributed by atoms with van der Waals surface area (Å²) in [6.07, 6.45) is 4.66. The molecule has 5 nitrogen and oxygen atoms in total. The van der Waals surface area contributed by atoms with Crippen molar-refractivity contribution in [2.75, 3.05) is 5.32 Å². The highest BCUT2D eigenvalue weighted by Gasteiger charge is 2.39. The lowest BCUT2D eigenvalue weighted by Gasteiger charge is -2.38. The van der Waals surface area contributed by atoms with Gasteiger partial charge in [-0.25, -0.2) is 4.79 Å². The van der Waals surface area contributed by atoms with Gasteiger partial charge in [-0.3, -0.25) is 0 Å². The van der Waals surface area contributed by atoms with Crippen LogP contribution >= 0.6 is 0 Å². The Morgan fingerprint density at radius 2 is 1.65 bits per heavy atom. The Labute approximate surface area is 180 Å². The maximum Gasteiger partial charge on any atom is 0.345 e. The SMILES string of the molecule is O=C(Oc1ccc(-c2ccccc2)cc1)c1cccc2c1N[C@H](C(=O)[O-])[C@@H]1CC=C[C@H]21. The van der Waals surface area contributed by atoms with Crippen molar-refractivity contribution in [1.82, 2.24) is 0 Å². The minimum atomic E-state index is -1.16. The minimum absolute atomic E-state index is 0.0583. The number of para-hydroxylation sites is 1. The standard InChI is InChI=1S/C26H21NO4/c28-25(29)24-21-10-4-8-19(21)20-9-5-11-22(23(20)27-24)26(30)31-18-14-12-17(13-15-18)16-6-2-1-3-7-16/h1-9,11-15,19,21,24,27H,10H2,(H,28,29)/p-1/t19-,21-,24+/m1/s1. The van der Waals surface area contributed by atoms with Gasteiger partial charge in [0.25, 0.3) is 0 Å². The number of ether oxygens (including phenoxy) is 1. The molecular weight excluding hydrogens is 390 g/mol. The number of carbonyl (C=O) groups is 2. The van der Waals surface area contributed by atoms with Crippen LogP contribution in [0.3, 0.4) is 0 Å². The number of allylic oxidation sites excluding steroid dienone is 2. The van der Waals surface area contributed by atoms with Gasteiger partial charge in [0, 0.05) is 5.92 Å². The van der Waals surface area contributed by atoms with Crippen LogP contribution in [0.5, 0.6) is 5.75 Å². The number of carbonyl (C=O) groups excluding carboxylic acids is 2. The lowest BCUT2D eigenvalue weighted by atomic mass is 9.78. The summed E-state index contributed by atoms with van der Waals surface area (Å²) < 4.78 is 5.60. The number of carboxylic acids is 1. The number of hydrogen-bond donors (Lipinski definition) is 1. The van der Waals surface area contributed by atoms with Crippen molar-refractivity contribution in [2.24, 2.45) is 5.92 Å². The van der Waals surface area contributed by atoms with Crippen molar-refractivity contribution in [1.29, 1.82) is 0 Å². The van der Waals surface area contributed by atoms with E-state index in [1.165, 1.54) is 0 Å². The molecule has 0 aromatic heterocycles. The molecule has 1 aliphatic carbocycles. The first-order valence-corrected chi connectivity index (χ1v) is 10.3. The number of aliphatic carboxylic acids is 1. The molecule has 1 heterocycles. The second-order valence-electron chi connectivity index (χ2n) is 7.84. The van der Waals surface area contributed by atoms with Gasteiger partial charge in [-0.2, -0.15) is 0 Å². The third-order valence-corrected chi connectivity index (χ3v) is 6.04. The highest BCUT2D eigenvalue weighted by atomic mass is 16.5. The summed E-state index contributed by atoms with van der Waals surface area (Å²) in [5.41, 5.74) is 3.83. The zero-order chi connectivity index (χ0) is 21.4. The predicted molar refractivity (Wildman–Crippen MR) is 116 cm³/mol. The first-order valence-electron chi connectivity index (χ1n) is 10.3. The van der Waals surface area contributed by atoms with Gasteiger partial charge >= 0.3 is 5.97 Å². The van der Waals surface area contributed by atoms with Crippen LogP contribution < -0.4 is 15.2 Å². The molecule has 0 amide bonds. The van der Waals surface area contributed by atoms with E-state index in [2.05, 4.69) is 5.32 Å². The second-order valence-corrected chi connectivity index (χ2v) is 7.84. The summed E-state index contributed by atoms with van der Waals surface area (Å²) in [5, 5.41) is 14.7. The summed E-state index contributed by atoms with van der Waals surface area (Å²) in [5.74, 6) is -1.45. The molecule has 0 bridgehead atoms. The average molecular weight is 410 g/mol. The number of fused-ring (bicyclic) bond motifs is 3. The van der Waals surface area contributed by atoms with Crippen LogP contribution in [0.1, 0.15) is 28.3 Å². The lowest BCUT2D eigenvalue weighted by molar-refractivity contribution is -0.308. The highest BCUT2D eigenvalue weighted by molar-refractivity contribution is 5.99. The Kier molecular flexibility index (Phi) is 4.79. The molecule has 2 aliphatic rings. The van der Waals surface area contributed by atoms with Crippen LogP contribution in [-0.4, -0.2) is 18.0 Å². The summed E-state index contributed by atoms with van der Waals surface area (Å²) in [6, 6.07) is 21.8. The topological polar surface area (TPSA) is 78.5 Å². The first kappa shape index (κ1) is 19.1. The smallest absolute Gasteiger partial charge is 0.345 e. The molecule has 3 aromatic carbocycles. The van der Waals surface area contributed by atoms with Crippen LogP contribution in [0.25, 0.3) is 11.1 Å². The fourth-order valence-corrected chi connectivity index (χ4v) is 4.53. The molecule has 1 N–H and O–H groups in total. The molecule has 0 saturated carbocycles. The zero-order valence-corrected chi connectivity index (χ0v) is 16.7. The Morgan fingerprint density at radius 3 is 2.39 bits per heavy atom. The summed E-state index contributed by atoms with van der Waals surface area (Å²) in [7, 11) is 0. The number of nitrogens with one attached hydrogen (secondary N) is 1. The molecule has 31 heavy (non-hydrogen) atoms. The largest absolute Gasteiger partial charge is 0.548 e. The van der Waals surface area contributed by atoms with Crippen LogP contribution in [0.15, 0.2) is 84.9 Å². The van der Waals surface area contributed by atoms with Crippen LogP contribution in [-0.2, 0) is 4.79 Å². The maximum absolute atomic E-state index is 13.0. The number of hydrogen-bond acceptors (Lipinski definition) is 5. The van der Waals surface area contributed by atoms with Gasteiger partial charge in [0.05, 0.1) is 23.3 Å². The monoisotopic (exact) mass is 410 g/mol. The Bertz CT molecular complexity index is 1170. The number of anilines is 1. The van der Waals surface area contributed by atoms with Gasteiger partial charge < -0.3 is 20.0 Å². The predicted octanol–water partition coefficient (Wildman–Crippen LogP) is 3.78. The third kappa shape index (κ3) is 3.48. The maximum atomic E-state index is 13.0. The molecule has 0 fully saturated rings. The van der Waals surface area contributed by atoms with Crippen molar-refractivity contribution in [3.8, 4) is 16.9 Å². The summed E-state index contributed by atoms with van der Waals surface area (Å²) >= 11 is 0. The van der Waals surface area contributed by atoms with E-state index in [-0.39, 0.29) is 11.8 Å². The van der Waals surface area contributed by atoms with Gasteiger partial charge in [-0.1, -0.05) is 66.7 Å². The summed E-state index contributed by atoms with van der Waals surface area (Å²) in [4.78, 5) is 24.7. The van der Waals surface area contributed by atoms with E-state index in [9.17, 15) is 14.7 Å². The normalized spacial score (nSPS) is 21.0.